The van der Waals surface area contributed by atoms with Crippen LogP contribution in [0, 0.1) is 11.3 Å². The van der Waals surface area contributed by atoms with Crippen LogP contribution in [0.5, 0.6) is 0 Å². The Morgan fingerprint density at radius 2 is 1.75 bits per heavy atom. The predicted molar refractivity (Wildman–Crippen MR) is 66.1 cm³/mol. The molecule has 4 nitrogen and oxygen atoms in total. The maximum atomic E-state index is 10.9. The molecule has 1 aliphatic rings. The second-order valence-electron chi connectivity index (χ2n) is 5.55. The van der Waals surface area contributed by atoms with Crippen LogP contribution in [-0.4, -0.2) is 14.5 Å². The second-order valence-corrected chi connectivity index (χ2v) is 6.88. The van der Waals surface area contributed by atoms with Crippen molar-refractivity contribution in [1.82, 2.24) is 4.72 Å². The van der Waals surface area contributed by atoms with Gasteiger partial charge in [0.05, 0.1) is 0 Å². The molecule has 96 valence electrons. The molecule has 16 heavy (non-hydrogen) atoms. The third-order valence-electron chi connectivity index (χ3n) is 4.07. The molecular formula is C11H24N2O2S. The molecule has 3 N–H and O–H groups in total. The molecule has 0 radical (unpaired) electrons. The van der Waals surface area contributed by atoms with Crippen molar-refractivity contribution in [3.8, 4) is 0 Å². The maximum Gasteiger partial charge on any atom is 0.274 e. The minimum Gasteiger partial charge on any atom is -0.216 e. The van der Waals surface area contributed by atoms with Gasteiger partial charge in [-0.15, -0.1) is 0 Å². The molecule has 0 aliphatic heterocycles. The SMILES string of the molecule is CCC(C)(C)C1CCC(NS(N)(=O)=O)CC1. The van der Waals surface area contributed by atoms with E-state index < -0.39 is 10.2 Å². The van der Waals surface area contributed by atoms with Crippen LogP contribution in [-0.2, 0) is 10.2 Å². The van der Waals surface area contributed by atoms with E-state index in [9.17, 15) is 8.42 Å². The molecule has 0 atom stereocenters. The molecule has 0 aromatic carbocycles. The molecule has 0 unspecified atom stereocenters. The number of hydrogen-bond donors (Lipinski definition) is 2. The summed E-state index contributed by atoms with van der Waals surface area (Å²) in [5, 5.41) is 4.97. The van der Waals surface area contributed by atoms with E-state index in [1.807, 2.05) is 0 Å². The van der Waals surface area contributed by atoms with Crippen molar-refractivity contribution in [3.05, 3.63) is 0 Å². The molecule has 1 aliphatic carbocycles. The Hall–Kier alpha value is -0.130. The Kier molecular flexibility index (Phi) is 4.37. The van der Waals surface area contributed by atoms with E-state index in [-0.39, 0.29) is 6.04 Å². The summed E-state index contributed by atoms with van der Waals surface area (Å²) in [4.78, 5) is 0. The van der Waals surface area contributed by atoms with Gasteiger partial charge in [-0.3, -0.25) is 0 Å². The van der Waals surface area contributed by atoms with Crippen molar-refractivity contribution in [2.75, 3.05) is 0 Å². The molecule has 1 saturated carbocycles. The van der Waals surface area contributed by atoms with E-state index in [4.69, 9.17) is 5.14 Å². The first-order chi connectivity index (χ1) is 7.24. The van der Waals surface area contributed by atoms with E-state index >= 15 is 0 Å². The molecule has 1 rings (SSSR count). The Morgan fingerprint density at radius 3 is 2.12 bits per heavy atom. The van der Waals surface area contributed by atoms with Gasteiger partial charge in [-0.25, -0.2) is 5.14 Å². The monoisotopic (exact) mass is 248 g/mol. The molecule has 0 bridgehead atoms. The largest absolute Gasteiger partial charge is 0.274 e. The average molecular weight is 248 g/mol. The summed E-state index contributed by atoms with van der Waals surface area (Å²) >= 11 is 0. The standard InChI is InChI=1S/C11H24N2O2S/c1-4-11(2,3)9-5-7-10(8-6-9)13-16(12,14)15/h9-10,13H,4-8H2,1-3H3,(H2,12,14,15). The lowest BCUT2D eigenvalue weighted by atomic mass is 9.69. The topological polar surface area (TPSA) is 72.2 Å². The van der Waals surface area contributed by atoms with Crippen molar-refractivity contribution in [1.29, 1.82) is 0 Å². The Morgan fingerprint density at radius 1 is 1.25 bits per heavy atom. The summed E-state index contributed by atoms with van der Waals surface area (Å²) < 4.78 is 24.3. The van der Waals surface area contributed by atoms with Crippen molar-refractivity contribution in [2.45, 2.75) is 58.9 Å². The average Bonchev–Trinajstić information content (AvgIpc) is 2.16. The van der Waals surface area contributed by atoms with E-state index in [1.165, 1.54) is 6.42 Å². The number of hydrogen-bond acceptors (Lipinski definition) is 2. The normalized spacial score (nSPS) is 28.0. The summed E-state index contributed by atoms with van der Waals surface area (Å²) in [5.74, 6) is 0.705. The predicted octanol–water partition coefficient (Wildman–Crippen LogP) is 1.77. The lowest BCUT2D eigenvalue weighted by Gasteiger charge is -2.38. The molecule has 0 aromatic rings. The molecule has 1 fully saturated rings. The summed E-state index contributed by atoms with van der Waals surface area (Å²) in [5.41, 5.74) is 0.368. The summed E-state index contributed by atoms with van der Waals surface area (Å²) in [6, 6.07) is 0.0407. The fourth-order valence-electron chi connectivity index (χ4n) is 2.51. The molecule has 0 aromatic heterocycles. The first-order valence-corrected chi connectivity index (χ1v) is 7.59. The van der Waals surface area contributed by atoms with Crippen LogP contribution in [0.2, 0.25) is 0 Å². The van der Waals surface area contributed by atoms with E-state index in [0.29, 0.717) is 11.3 Å². The van der Waals surface area contributed by atoms with Gasteiger partial charge >= 0.3 is 0 Å². The highest BCUT2D eigenvalue weighted by molar-refractivity contribution is 7.87. The third kappa shape index (κ3) is 4.03. The zero-order chi connectivity index (χ0) is 12.4. The summed E-state index contributed by atoms with van der Waals surface area (Å²) in [7, 11) is -3.53. The van der Waals surface area contributed by atoms with Crippen LogP contribution in [0.1, 0.15) is 52.9 Å². The first-order valence-electron chi connectivity index (χ1n) is 6.04. The lowest BCUT2D eigenvalue weighted by molar-refractivity contribution is 0.142. The van der Waals surface area contributed by atoms with Gasteiger partial charge in [-0.2, -0.15) is 13.1 Å². The van der Waals surface area contributed by atoms with Gasteiger partial charge in [0.15, 0.2) is 0 Å². The quantitative estimate of drug-likeness (QED) is 0.796. The van der Waals surface area contributed by atoms with Gasteiger partial charge in [0, 0.05) is 6.04 Å². The van der Waals surface area contributed by atoms with Gasteiger partial charge < -0.3 is 0 Å². The van der Waals surface area contributed by atoms with Crippen LogP contribution in [0.25, 0.3) is 0 Å². The van der Waals surface area contributed by atoms with Crippen molar-refractivity contribution in [3.63, 3.8) is 0 Å². The summed E-state index contributed by atoms with van der Waals surface area (Å²) in [6.45, 7) is 6.81. The van der Waals surface area contributed by atoms with Gasteiger partial charge in [0.1, 0.15) is 0 Å². The molecule has 0 spiro atoms. The number of nitrogens with two attached hydrogens (primary N) is 1. The second kappa shape index (κ2) is 5.02. The molecule has 0 saturated heterocycles. The zero-order valence-electron chi connectivity index (χ0n) is 10.5. The lowest BCUT2D eigenvalue weighted by Crippen LogP contribution is -2.42. The number of rotatable bonds is 4. The maximum absolute atomic E-state index is 10.9. The van der Waals surface area contributed by atoms with Crippen molar-refractivity contribution < 1.29 is 8.42 Å². The first kappa shape index (κ1) is 13.9. The highest BCUT2D eigenvalue weighted by atomic mass is 32.2. The van der Waals surface area contributed by atoms with Crippen LogP contribution in [0.4, 0.5) is 0 Å². The highest BCUT2D eigenvalue weighted by Crippen LogP contribution is 2.40. The molecular weight excluding hydrogens is 224 g/mol. The fourth-order valence-corrected chi connectivity index (χ4v) is 3.21. The summed E-state index contributed by atoms with van der Waals surface area (Å²) in [6.07, 6.45) is 5.17. The van der Waals surface area contributed by atoms with Crippen molar-refractivity contribution in [2.24, 2.45) is 16.5 Å². The Bertz CT molecular complexity index is 317. The van der Waals surface area contributed by atoms with Crippen molar-refractivity contribution >= 4 is 10.2 Å². The van der Waals surface area contributed by atoms with Crippen LogP contribution in [0.3, 0.4) is 0 Å². The highest BCUT2D eigenvalue weighted by Gasteiger charge is 2.32. The zero-order valence-corrected chi connectivity index (χ0v) is 11.3. The van der Waals surface area contributed by atoms with E-state index in [1.54, 1.807) is 0 Å². The van der Waals surface area contributed by atoms with Gasteiger partial charge in [-0.05, 0) is 37.0 Å². The van der Waals surface area contributed by atoms with Crippen LogP contribution >= 0.6 is 0 Å². The van der Waals surface area contributed by atoms with E-state index in [2.05, 4.69) is 25.5 Å². The minimum atomic E-state index is -3.53. The molecule has 5 heteroatoms. The Balaban J connectivity index is 2.46. The van der Waals surface area contributed by atoms with Crippen LogP contribution < -0.4 is 9.86 Å². The molecule has 0 amide bonds. The van der Waals surface area contributed by atoms with Crippen LogP contribution in [0.15, 0.2) is 0 Å². The van der Waals surface area contributed by atoms with Gasteiger partial charge in [-0.1, -0.05) is 27.2 Å². The van der Waals surface area contributed by atoms with Gasteiger partial charge in [0.25, 0.3) is 10.2 Å². The molecule has 0 heterocycles. The number of nitrogens with one attached hydrogen (secondary N) is 1. The van der Waals surface area contributed by atoms with Gasteiger partial charge in [0.2, 0.25) is 0 Å². The third-order valence-corrected chi connectivity index (χ3v) is 4.74. The Labute approximate surface area is 99.2 Å². The van der Waals surface area contributed by atoms with E-state index in [0.717, 1.165) is 25.7 Å². The smallest absolute Gasteiger partial charge is 0.216 e. The minimum absolute atomic E-state index is 0.0407. The fraction of sp³-hybridized carbons (Fsp3) is 1.00.